The van der Waals surface area contributed by atoms with E-state index in [2.05, 4.69) is 5.32 Å². The van der Waals surface area contributed by atoms with Gasteiger partial charge in [-0.25, -0.2) is 0 Å². The minimum atomic E-state index is -0.00814. The van der Waals surface area contributed by atoms with Crippen molar-refractivity contribution in [2.75, 3.05) is 12.3 Å². The Kier molecular flexibility index (Phi) is 4.83. The number of aryl methyl sites for hydroxylation is 1. The first-order valence-electron chi connectivity index (χ1n) is 7.30. The predicted molar refractivity (Wildman–Crippen MR) is 79.1 cm³/mol. The van der Waals surface area contributed by atoms with Crippen LogP contribution >= 0.6 is 0 Å². The smallest absolute Gasteiger partial charge is 0.251 e. The summed E-state index contributed by atoms with van der Waals surface area (Å²) in [5.74, 6) is 0.794. The third-order valence-electron chi connectivity index (χ3n) is 3.92. The second kappa shape index (κ2) is 6.60. The van der Waals surface area contributed by atoms with Crippen LogP contribution in [0.1, 0.15) is 54.4 Å². The molecule has 2 rings (SSSR count). The molecule has 3 nitrogen and oxygen atoms in total. The van der Waals surface area contributed by atoms with E-state index in [0.29, 0.717) is 11.3 Å². The molecule has 1 aromatic rings. The van der Waals surface area contributed by atoms with Gasteiger partial charge in [0, 0.05) is 17.8 Å². The van der Waals surface area contributed by atoms with Crippen molar-refractivity contribution in [3.05, 3.63) is 29.3 Å². The highest BCUT2D eigenvalue weighted by atomic mass is 16.1. The lowest BCUT2D eigenvalue weighted by Gasteiger charge is -2.21. The molecule has 0 bridgehead atoms. The van der Waals surface area contributed by atoms with Crippen molar-refractivity contribution in [2.24, 2.45) is 5.92 Å². The highest BCUT2D eigenvalue weighted by molar-refractivity contribution is 5.95. The predicted octanol–water partition coefficient (Wildman–Crippen LogP) is 3.28. The van der Waals surface area contributed by atoms with Crippen LogP contribution in [0, 0.1) is 12.8 Å². The molecule has 1 aliphatic carbocycles. The third-order valence-corrected chi connectivity index (χ3v) is 3.92. The van der Waals surface area contributed by atoms with Crippen molar-refractivity contribution in [3.63, 3.8) is 0 Å². The molecule has 0 aromatic heterocycles. The summed E-state index contributed by atoms with van der Waals surface area (Å²) in [6.07, 6.45) is 7.85. The highest BCUT2D eigenvalue weighted by Crippen LogP contribution is 2.25. The topological polar surface area (TPSA) is 55.1 Å². The summed E-state index contributed by atoms with van der Waals surface area (Å²) in [6.45, 7) is 2.73. The minimum Gasteiger partial charge on any atom is -0.399 e. The number of benzene rings is 1. The average molecular weight is 260 g/mol. The van der Waals surface area contributed by atoms with Crippen LogP contribution in [0.5, 0.6) is 0 Å². The van der Waals surface area contributed by atoms with Crippen molar-refractivity contribution in [1.29, 1.82) is 0 Å². The van der Waals surface area contributed by atoms with Crippen LogP contribution in [0.2, 0.25) is 0 Å². The number of hydrogen-bond acceptors (Lipinski definition) is 2. The maximum absolute atomic E-state index is 12.0. The summed E-state index contributed by atoms with van der Waals surface area (Å²) in [6, 6.07) is 5.49. The van der Waals surface area contributed by atoms with E-state index < -0.39 is 0 Å². The Hall–Kier alpha value is -1.51. The van der Waals surface area contributed by atoms with Gasteiger partial charge < -0.3 is 11.1 Å². The Morgan fingerprint density at radius 3 is 2.68 bits per heavy atom. The van der Waals surface area contributed by atoms with Crippen LogP contribution < -0.4 is 11.1 Å². The Bertz CT molecular complexity index is 416. The molecular formula is C16H24N2O. The van der Waals surface area contributed by atoms with Crippen LogP contribution in [-0.4, -0.2) is 12.5 Å². The van der Waals surface area contributed by atoms with E-state index in [1.165, 1.54) is 32.1 Å². The molecule has 1 saturated carbocycles. The number of carbonyl (C=O) groups excluding carboxylic acids is 1. The van der Waals surface area contributed by atoms with E-state index in [1.54, 1.807) is 6.07 Å². The Labute approximate surface area is 115 Å². The lowest BCUT2D eigenvalue weighted by Crippen LogP contribution is -2.26. The first-order valence-corrected chi connectivity index (χ1v) is 7.30. The molecule has 0 saturated heterocycles. The summed E-state index contributed by atoms with van der Waals surface area (Å²) in [4.78, 5) is 12.0. The molecule has 0 heterocycles. The molecule has 3 heteroatoms. The second-order valence-corrected chi connectivity index (χ2v) is 5.68. The molecule has 1 fully saturated rings. The molecular weight excluding hydrogens is 236 g/mol. The van der Waals surface area contributed by atoms with E-state index in [-0.39, 0.29) is 5.91 Å². The van der Waals surface area contributed by atoms with Gasteiger partial charge in [0.25, 0.3) is 5.91 Å². The monoisotopic (exact) mass is 260 g/mol. The van der Waals surface area contributed by atoms with Gasteiger partial charge in [-0.1, -0.05) is 32.1 Å². The van der Waals surface area contributed by atoms with E-state index in [4.69, 9.17) is 5.73 Å². The van der Waals surface area contributed by atoms with E-state index >= 15 is 0 Å². The molecule has 1 aromatic carbocycles. The molecule has 0 spiro atoms. The van der Waals surface area contributed by atoms with Crippen molar-refractivity contribution in [3.8, 4) is 0 Å². The van der Waals surface area contributed by atoms with Crippen molar-refractivity contribution in [2.45, 2.75) is 45.4 Å². The Balaban J connectivity index is 1.80. The number of hydrogen-bond donors (Lipinski definition) is 2. The highest BCUT2D eigenvalue weighted by Gasteiger charge is 2.13. The van der Waals surface area contributed by atoms with Gasteiger partial charge in [0.2, 0.25) is 0 Å². The second-order valence-electron chi connectivity index (χ2n) is 5.68. The molecule has 0 unspecified atom stereocenters. The van der Waals surface area contributed by atoms with E-state index in [9.17, 15) is 4.79 Å². The summed E-state index contributed by atoms with van der Waals surface area (Å²) in [5, 5.41) is 3.01. The summed E-state index contributed by atoms with van der Waals surface area (Å²) in [7, 11) is 0. The minimum absolute atomic E-state index is 0.00814. The number of anilines is 1. The molecule has 1 amide bonds. The molecule has 3 N–H and O–H groups in total. The zero-order valence-corrected chi connectivity index (χ0v) is 11.7. The maximum Gasteiger partial charge on any atom is 0.251 e. The quantitative estimate of drug-likeness (QED) is 0.816. The number of nitrogens with one attached hydrogen (secondary N) is 1. The summed E-state index contributed by atoms with van der Waals surface area (Å²) >= 11 is 0. The summed E-state index contributed by atoms with van der Waals surface area (Å²) < 4.78 is 0. The maximum atomic E-state index is 12.0. The zero-order valence-electron chi connectivity index (χ0n) is 11.7. The van der Waals surface area contributed by atoms with Gasteiger partial charge in [0.05, 0.1) is 0 Å². The molecule has 0 atom stereocenters. The molecule has 104 valence electrons. The van der Waals surface area contributed by atoms with Gasteiger partial charge in [0.15, 0.2) is 0 Å². The van der Waals surface area contributed by atoms with Crippen molar-refractivity contribution < 1.29 is 4.79 Å². The fourth-order valence-corrected chi connectivity index (χ4v) is 2.91. The zero-order chi connectivity index (χ0) is 13.7. The number of amides is 1. The average Bonchev–Trinajstić information content (AvgIpc) is 2.38. The molecule has 0 aliphatic heterocycles. The Morgan fingerprint density at radius 1 is 1.26 bits per heavy atom. The molecule has 1 aliphatic rings. The largest absolute Gasteiger partial charge is 0.399 e. The van der Waals surface area contributed by atoms with E-state index in [0.717, 1.165) is 24.4 Å². The van der Waals surface area contributed by atoms with Gasteiger partial charge in [0.1, 0.15) is 0 Å². The van der Waals surface area contributed by atoms with Gasteiger partial charge in [-0.05, 0) is 43.0 Å². The van der Waals surface area contributed by atoms with Crippen molar-refractivity contribution in [1.82, 2.24) is 5.32 Å². The fraction of sp³-hybridized carbons (Fsp3) is 0.562. The van der Waals surface area contributed by atoms with Crippen LogP contribution in [-0.2, 0) is 0 Å². The van der Waals surface area contributed by atoms with Gasteiger partial charge >= 0.3 is 0 Å². The fourth-order valence-electron chi connectivity index (χ4n) is 2.91. The van der Waals surface area contributed by atoms with Crippen LogP contribution in [0.4, 0.5) is 5.69 Å². The van der Waals surface area contributed by atoms with Crippen LogP contribution in [0.3, 0.4) is 0 Å². The lowest BCUT2D eigenvalue weighted by atomic mass is 9.87. The molecule has 0 radical (unpaired) electrons. The number of carbonyl (C=O) groups is 1. The van der Waals surface area contributed by atoms with Gasteiger partial charge in [-0.3, -0.25) is 4.79 Å². The SMILES string of the molecule is Cc1cc(N)cc(C(=O)NCCC2CCCCC2)c1. The van der Waals surface area contributed by atoms with Gasteiger partial charge in [-0.2, -0.15) is 0 Å². The van der Waals surface area contributed by atoms with Crippen molar-refractivity contribution >= 4 is 11.6 Å². The first-order chi connectivity index (χ1) is 9.15. The standard InChI is InChI=1S/C16H24N2O/c1-12-9-14(11-15(17)10-12)16(19)18-8-7-13-5-3-2-4-6-13/h9-11,13H,2-8,17H2,1H3,(H,18,19). The Morgan fingerprint density at radius 2 is 2.00 bits per heavy atom. The van der Waals surface area contributed by atoms with Gasteiger partial charge in [-0.15, -0.1) is 0 Å². The normalized spacial score (nSPS) is 16.3. The number of rotatable bonds is 4. The third kappa shape index (κ3) is 4.27. The number of nitrogen functional groups attached to an aromatic ring is 1. The molecule has 19 heavy (non-hydrogen) atoms. The van der Waals surface area contributed by atoms with Crippen LogP contribution in [0.25, 0.3) is 0 Å². The van der Waals surface area contributed by atoms with Crippen LogP contribution in [0.15, 0.2) is 18.2 Å². The lowest BCUT2D eigenvalue weighted by molar-refractivity contribution is 0.0950. The van der Waals surface area contributed by atoms with E-state index in [1.807, 2.05) is 19.1 Å². The summed E-state index contributed by atoms with van der Waals surface area (Å²) in [5.41, 5.74) is 8.11. The first kappa shape index (κ1) is 13.9. The number of nitrogens with two attached hydrogens (primary N) is 1.